The first-order valence-electron chi connectivity index (χ1n) is 9.53. The number of allylic oxidation sites excluding steroid dienone is 14. The Morgan fingerprint density at radius 1 is 0.923 bits per heavy atom. The highest BCUT2D eigenvalue weighted by atomic mass is 16.5. The van der Waals surface area contributed by atoms with Crippen LogP contribution in [-0.4, -0.2) is 19.1 Å². The average molecular weight is 347 g/mol. The predicted molar refractivity (Wildman–Crippen MR) is 104 cm³/mol. The molecule has 0 aromatic carbocycles. The van der Waals surface area contributed by atoms with Gasteiger partial charge in [-0.2, -0.15) is 0 Å². The van der Waals surface area contributed by atoms with Gasteiger partial charge in [-0.1, -0.05) is 54.7 Å². The van der Waals surface area contributed by atoms with E-state index in [1.54, 1.807) is 0 Å². The second kappa shape index (κ2) is 7.46. The predicted octanol–water partition coefficient (Wildman–Crippen LogP) is 4.08. The minimum Gasteiger partial charge on any atom is -0.466 e. The molecule has 0 fully saturated rings. The Morgan fingerprint density at radius 2 is 1.69 bits per heavy atom. The Labute approximate surface area is 155 Å². The Bertz CT molecular complexity index is 817. The number of esters is 1. The monoisotopic (exact) mass is 347 g/mol. The van der Waals surface area contributed by atoms with E-state index in [1.165, 1.54) is 27.9 Å². The summed E-state index contributed by atoms with van der Waals surface area (Å²) in [5, 5.41) is 0. The summed E-state index contributed by atoms with van der Waals surface area (Å²) in [6.07, 6.45) is 23.1. The molecule has 2 atom stereocenters. The third-order valence-electron chi connectivity index (χ3n) is 5.53. The second-order valence-corrected chi connectivity index (χ2v) is 7.18. The second-order valence-electron chi connectivity index (χ2n) is 7.18. The van der Waals surface area contributed by atoms with E-state index in [1.807, 2.05) is 0 Å². The van der Waals surface area contributed by atoms with Crippen LogP contribution in [0.3, 0.4) is 0 Å². The van der Waals surface area contributed by atoms with Gasteiger partial charge in [-0.15, -0.1) is 0 Å². The van der Waals surface area contributed by atoms with Crippen molar-refractivity contribution in [2.24, 2.45) is 17.6 Å². The average Bonchev–Trinajstić information content (AvgIpc) is 2.67. The molecular weight excluding hydrogens is 322 g/mol. The lowest BCUT2D eigenvalue weighted by atomic mass is 9.63. The van der Waals surface area contributed by atoms with Gasteiger partial charge in [0.1, 0.15) is 0 Å². The van der Waals surface area contributed by atoms with Gasteiger partial charge in [-0.25, -0.2) is 0 Å². The number of nitrogens with two attached hydrogens (primary N) is 1. The molecule has 0 heterocycles. The van der Waals surface area contributed by atoms with E-state index in [0.717, 1.165) is 19.3 Å². The molecule has 0 aromatic rings. The fourth-order valence-corrected chi connectivity index (χ4v) is 4.26. The number of ether oxygens (including phenoxy) is 1. The van der Waals surface area contributed by atoms with E-state index in [4.69, 9.17) is 10.5 Å². The Kier molecular flexibility index (Phi) is 4.89. The third kappa shape index (κ3) is 3.19. The van der Waals surface area contributed by atoms with Gasteiger partial charge in [0, 0.05) is 18.3 Å². The van der Waals surface area contributed by atoms with Gasteiger partial charge in [0.25, 0.3) is 0 Å². The topological polar surface area (TPSA) is 52.3 Å². The number of hydrogen-bond donors (Lipinski definition) is 1. The van der Waals surface area contributed by atoms with Crippen molar-refractivity contribution in [3.05, 3.63) is 82.5 Å². The molecule has 0 aromatic heterocycles. The molecule has 0 spiro atoms. The molecule has 26 heavy (non-hydrogen) atoms. The molecule has 3 nitrogen and oxygen atoms in total. The molecular formula is C23H25NO2. The summed E-state index contributed by atoms with van der Waals surface area (Å²) < 4.78 is 5.19. The molecule has 2 unspecified atom stereocenters. The summed E-state index contributed by atoms with van der Waals surface area (Å²) in [4.78, 5) is 11.8. The summed E-state index contributed by atoms with van der Waals surface area (Å²) in [6.45, 7) is 0.989. The first-order valence-corrected chi connectivity index (χ1v) is 9.53. The minimum absolute atomic E-state index is 0.117. The van der Waals surface area contributed by atoms with Crippen molar-refractivity contribution in [1.82, 2.24) is 0 Å². The van der Waals surface area contributed by atoms with Crippen LogP contribution in [0.15, 0.2) is 82.5 Å². The van der Waals surface area contributed by atoms with Crippen LogP contribution in [0.1, 0.15) is 25.7 Å². The largest absolute Gasteiger partial charge is 0.466 e. The summed E-state index contributed by atoms with van der Waals surface area (Å²) in [5.41, 5.74) is 12.4. The first kappa shape index (κ1) is 17.0. The van der Waals surface area contributed by atoms with Crippen molar-refractivity contribution in [2.45, 2.75) is 25.7 Å². The zero-order valence-corrected chi connectivity index (χ0v) is 15.0. The fourth-order valence-electron chi connectivity index (χ4n) is 4.26. The van der Waals surface area contributed by atoms with Gasteiger partial charge in [-0.05, 0) is 53.7 Å². The van der Waals surface area contributed by atoms with Gasteiger partial charge in [0.2, 0.25) is 0 Å². The molecule has 4 rings (SSSR count). The first-order chi connectivity index (χ1) is 12.8. The molecule has 4 aliphatic carbocycles. The maximum Gasteiger partial charge on any atom is 0.305 e. The van der Waals surface area contributed by atoms with Crippen molar-refractivity contribution < 1.29 is 9.53 Å². The maximum atomic E-state index is 11.8. The molecule has 3 heteroatoms. The lowest BCUT2D eigenvalue weighted by Crippen LogP contribution is -2.29. The molecule has 0 aliphatic heterocycles. The Balaban J connectivity index is 1.47. The Hall–Kier alpha value is -2.39. The molecule has 0 bridgehead atoms. The summed E-state index contributed by atoms with van der Waals surface area (Å²) >= 11 is 0. The molecule has 0 amide bonds. The lowest BCUT2D eigenvalue weighted by Gasteiger charge is -2.40. The van der Waals surface area contributed by atoms with Gasteiger partial charge in [0.15, 0.2) is 0 Å². The van der Waals surface area contributed by atoms with Crippen LogP contribution in [0.4, 0.5) is 0 Å². The van der Waals surface area contributed by atoms with E-state index in [0.29, 0.717) is 31.4 Å². The van der Waals surface area contributed by atoms with Crippen molar-refractivity contribution in [3.8, 4) is 0 Å². The van der Waals surface area contributed by atoms with Crippen molar-refractivity contribution in [2.75, 3.05) is 13.2 Å². The standard InChI is InChI=1S/C23H25NO2/c24-14-3-15-26-21(25)7-2-4-16-8-9-19-11-10-17-5-1-6-18-12-13-20(16)23(19)22(17)18/h1,5-6,8-13,22-23H,2-4,7,14-15,24H2. The van der Waals surface area contributed by atoms with E-state index >= 15 is 0 Å². The quantitative estimate of drug-likeness (QED) is 0.558. The molecule has 4 aliphatic rings. The highest BCUT2D eigenvalue weighted by Crippen LogP contribution is 2.49. The van der Waals surface area contributed by atoms with Crippen LogP contribution in [0.5, 0.6) is 0 Å². The molecule has 134 valence electrons. The molecule has 2 N–H and O–H groups in total. The van der Waals surface area contributed by atoms with Crippen molar-refractivity contribution >= 4 is 5.97 Å². The van der Waals surface area contributed by atoms with Gasteiger partial charge in [-0.3, -0.25) is 4.79 Å². The van der Waals surface area contributed by atoms with Crippen molar-refractivity contribution in [1.29, 1.82) is 0 Å². The summed E-state index contributed by atoms with van der Waals surface area (Å²) in [5.74, 6) is 0.753. The minimum atomic E-state index is -0.117. The highest BCUT2D eigenvalue weighted by Gasteiger charge is 2.37. The fraction of sp³-hybridized carbons (Fsp3) is 0.348. The van der Waals surface area contributed by atoms with E-state index in [9.17, 15) is 4.79 Å². The third-order valence-corrected chi connectivity index (χ3v) is 5.53. The van der Waals surface area contributed by atoms with Crippen molar-refractivity contribution in [3.63, 3.8) is 0 Å². The Morgan fingerprint density at radius 3 is 2.54 bits per heavy atom. The molecule has 0 saturated heterocycles. The molecule has 0 saturated carbocycles. The van der Waals surface area contributed by atoms with Gasteiger partial charge in [0.05, 0.1) is 6.61 Å². The van der Waals surface area contributed by atoms with Gasteiger partial charge < -0.3 is 10.5 Å². The number of carbonyl (C=O) groups is 1. The van der Waals surface area contributed by atoms with Crippen LogP contribution in [0, 0.1) is 11.8 Å². The smallest absolute Gasteiger partial charge is 0.305 e. The van der Waals surface area contributed by atoms with E-state index in [2.05, 4.69) is 54.7 Å². The van der Waals surface area contributed by atoms with E-state index in [-0.39, 0.29) is 5.97 Å². The van der Waals surface area contributed by atoms with Crippen LogP contribution >= 0.6 is 0 Å². The van der Waals surface area contributed by atoms with E-state index < -0.39 is 0 Å². The lowest BCUT2D eigenvalue weighted by molar-refractivity contribution is -0.143. The zero-order chi connectivity index (χ0) is 17.9. The van der Waals surface area contributed by atoms with Crippen LogP contribution in [0.25, 0.3) is 0 Å². The summed E-state index contributed by atoms with van der Waals surface area (Å²) in [6, 6.07) is 0. The van der Waals surface area contributed by atoms with Crippen LogP contribution in [0.2, 0.25) is 0 Å². The maximum absolute atomic E-state index is 11.8. The SMILES string of the molecule is NCCCOC(=O)CCCC1=C2C=CC3=CC=CC4=CC=C(C=C1)C2C34. The zero-order valence-electron chi connectivity index (χ0n) is 15.0. The van der Waals surface area contributed by atoms with Crippen LogP contribution < -0.4 is 5.73 Å². The van der Waals surface area contributed by atoms with Gasteiger partial charge >= 0.3 is 5.97 Å². The summed E-state index contributed by atoms with van der Waals surface area (Å²) in [7, 11) is 0. The molecule has 0 radical (unpaired) electrons. The normalized spacial score (nSPS) is 24.7. The highest BCUT2D eigenvalue weighted by molar-refractivity contribution is 5.69. The van der Waals surface area contributed by atoms with Crippen LogP contribution in [-0.2, 0) is 9.53 Å². The number of hydrogen-bond acceptors (Lipinski definition) is 3. The number of rotatable bonds is 7. The number of carbonyl (C=O) groups excluding carboxylic acids is 1.